The fraction of sp³-hybridized carbons (Fsp3) is 0.241. The van der Waals surface area contributed by atoms with E-state index in [1.165, 1.54) is 50.1 Å². The minimum Gasteiger partial charge on any atom is -0.0702 e. The number of fused-ring (bicyclic) bond motifs is 3. The van der Waals surface area contributed by atoms with E-state index in [1.54, 1.807) is 0 Å². The van der Waals surface area contributed by atoms with Crippen molar-refractivity contribution in [2.45, 2.75) is 39.5 Å². The molecule has 0 fully saturated rings. The molecular formula is C29H28. The summed E-state index contributed by atoms with van der Waals surface area (Å²) >= 11 is 0. The van der Waals surface area contributed by atoms with E-state index in [1.807, 2.05) is 0 Å². The molecule has 0 nitrogen and oxygen atoms in total. The van der Waals surface area contributed by atoms with Gasteiger partial charge >= 0.3 is 0 Å². The first-order chi connectivity index (χ1) is 14.0. The normalized spacial score (nSPS) is 22.6. The molecule has 2 aliphatic carbocycles. The molecule has 0 aliphatic heterocycles. The van der Waals surface area contributed by atoms with Gasteiger partial charge in [-0.3, -0.25) is 0 Å². The molecule has 0 heterocycles. The second kappa shape index (κ2) is 6.59. The zero-order chi connectivity index (χ0) is 20.2. The van der Waals surface area contributed by atoms with E-state index >= 15 is 0 Å². The lowest BCUT2D eigenvalue weighted by atomic mass is 9.63. The van der Waals surface area contributed by atoms with Gasteiger partial charge in [0.1, 0.15) is 0 Å². The monoisotopic (exact) mass is 376 g/mol. The quantitative estimate of drug-likeness (QED) is 0.433. The van der Waals surface area contributed by atoms with Crippen LogP contribution in [0.4, 0.5) is 0 Å². The van der Waals surface area contributed by atoms with Gasteiger partial charge in [-0.1, -0.05) is 108 Å². The van der Waals surface area contributed by atoms with Gasteiger partial charge in [0.15, 0.2) is 0 Å². The maximum atomic E-state index is 2.42. The molecule has 0 heteroatoms. The van der Waals surface area contributed by atoms with Gasteiger partial charge in [-0.25, -0.2) is 0 Å². The van der Waals surface area contributed by atoms with E-state index in [4.69, 9.17) is 0 Å². The molecule has 0 radical (unpaired) electrons. The van der Waals surface area contributed by atoms with E-state index in [0.717, 1.165) is 6.42 Å². The van der Waals surface area contributed by atoms with Gasteiger partial charge in [-0.05, 0) is 60.9 Å². The second-order valence-electron chi connectivity index (χ2n) is 8.92. The molecule has 0 saturated heterocycles. The Kier molecular flexibility index (Phi) is 4.13. The van der Waals surface area contributed by atoms with Crippen molar-refractivity contribution in [2.24, 2.45) is 5.92 Å². The molecule has 0 spiro atoms. The highest BCUT2D eigenvalue weighted by Gasteiger charge is 2.47. The number of hydrogen-bond donors (Lipinski definition) is 0. The predicted octanol–water partition coefficient (Wildman–Crippen LogP) is 7.53. The zero-order valence-electron chi connectivity index (χ0n) is 17.8. The van der Waals surface area contributed by atoms with E-state index in [2.05, 4.69) is 107 Å². The molecule has 0 aromatic heterocycles. The van der Waals surface area contributed by atoms with Gasteiger partial charge < -0.3 is 0 Å². The summed E-state index contributed by atoms with van der Waals surface area (Å²) in [5.41, 5.74) is 12.4. The van der Waals surface area contributed by atoms with Crippen molar-refractivity contribution in [3.63, 3.8) is 0 Å². The van der Waals surface area contributed by atoms with Crippen LogP contribution < -0.4 is 0 Å². The van der Waals surface area contributed by atoms with Crippen LogP contribution in [0.25, 0.3) is 11.1 Å². The molecule has 2 atom stereocenters. The summed E-state index contributed by atoms with van der Waals surface area (Å²) in [4.78, 5) is 0. The van der Waals surface area contributed by atoms with Gasteiger partial charge in [-0.15, -0.1) is 0 Å². The largest absolute Gasteiger partial charge is 0.0702 e. The first kappa shape index (κ1) is 18.2. The highest BCUT2D eigenvalue weighted by Crippen LogP contribution is 2.58. The maximum absolute atomic E-state index is 2.42. The van der Waals surface area contributed by atoms with E-state index in [0.29, 0.717) is 5.92 Å². The number of allylic oxidation sites excluding steroid dienone is 4. The first-order valence-corrected chi connectivity index (χ1v) is 10.7. The molecule has 3 aromatic carbocycles. The van der Waals surface area contributed by atoms with Crippen molar-refractivity contribution in [1.82, 2.24) is 0 Å². The van der Waals surface area contributed by atoms with Gasteiger partial charge in [0, 0.05) is 0 Å². The molecule has 29 heavy (non-hydrogen) atoms. The van der Waals surface area contributed by atoms with Crippen LogP contribution in [0.5, 0.6) is 0 Å². The highest BCUT2D eigenvalue weighted by atomic mass is 14.5. The average molecular weight is 377 g/mol. The number of aryl methyl sites for hydroxylation is 2. The van der Waals surface area contributed by atoms with Crippen LogP contribution in [0.1, 0.15) is 48.1 Å². The fourth-order valence-corrected chi connectivity index (χ4v) is 5.27. The third kappa shape index (κ3) is 2.59. The van der Waals surface area contributed by atoms with Crippen LogP contribution in [0.2, 0.25) is 0 Å². The van der Waals surface area contributed by atoms with E-state index < -0.39 is 0 Å². The lowest BCUT2D eigenvalue weighted by molar-refractivity contribution is 0.591. The summed E-state index contributed by atoms with van der Waals surface area (Å²) in [5.74, 6) is 0.568. The van der Waals surface area contributed by atoms with Crippen molar-refractivity contribution >= 4 is 0 Å². The van der Waals surface area contributed by atoms with E-state index in [-0.39, 0.29) is 5.41 Å². The lowest BCUT2D eigenvalue weighted by Crippen LogP contribution is -2.31. The molecule has 2 aliphatic rings. The Morgan fingerprint density at radius 1 is 0.724 bits per heavy atom. The number of benzene rings is 3. The Morgan fingerprint density at radius 3 is 2.17 bits per heavy atom. The van der Waals surface area contributed by atoms with Crippen molar-refractivity contribution < 1.29 is 0 Å². The predicted molar refractivity (Wildman–Crippen MR) is 123 cm³/mol. The lowest BCUT2D eigenvalue weighted by Gasteiger charge is -2.38. The average Bonchev–Trinajstić information content (AvgIpc) is 3.01. The summed E-state index contributed by atoms with van der Waals surface area (Å²) in [6.07, 6.45) is 5.84. The van der Waals surface area contributed by atoms with Crippen molar-refractivity contribution in [2.75, 3.05) is 0 Å². The number of rotatable bonds is 2. The minimum atomic E-state index is -0.211. The highest BCUT2D eigenvalue weighted by molar-refractivity contribution is 5.86. The van der Waals surface area contributed by atoms with Gasteiger partial charge in [-0.2, -0.15) is 0 Å². The molecule has 0 amide bonds. The van der Waals surface area contributed by atoms with Crippen LogP contribution >= 0.6 is 0 Å². The summed E-state index contributed by atoms with van der Waals surface area (Å²) in [5, 5.41) is 0. The number of hydrogen-bond acceptors (Lipinski definition) is 0. The van der Waals surface area contributed by atoms with Crippen LogP contribution in [0.3, 0.4) is 0 Å². The van der Waals surface area contributed by atoms with Crippen molar-refractivity contribution in [3.05, 3.63) is 118 Å². The standard InChI is InChI=1S/C29H28/c1-19-9-13-23(14-10-19)29(24-15-12-21(3)22(4)18-24)27-8-6-5-7-25(27)26-16-11-20(2)17-28(26)29/h5-17,22H,18H2,1-4H3. The molecule has 0 saturated carbocycles. The minimum absolute atomic E-state index is 0.211. The Balaban J connectivity index is 1.92. The molecule has 144 valence electrons. The molecule has 5 rings (SSSR count). The fourth-order valence-electron chi connectivity index (χ4n) is 5.27. The van der Waals surface area contributed by atoms with E-state index in [9.17, 15) is 0 Å². The van der Waals surface area contributed by atoms with Gasteiger partial charge in [0.25, 0.3) is 0 Å². The third-order valence-corrected chi connectivity index (χ3v) is 7.02. The SMILES string of the molecule is CC1=CC=C(C2(c3ccc(C)cc3)c3ccccc3-c3ccc(C)cc32)CC1C. The summed E-state index contributed by atoms with van der Waals surface area (Å²) in [6, 6.07) is 25.3. The summed E-state index contributed by atoms with van der Waals surface area (Å²) < 4.78 is 0. The first-order valence-electron chi connectivity index (χ1n) is 10.7. The molecule has 0 bridgehead atoms. The molecule has 3 aromatic rings. The van der Waals surface area contributed by atoms with Crippen LogP contribution in [0.15, 0.2) is 90.0 Å². The Hall–Kier alpha value is -2.86. The van der Waals surface area contributed by atoms with Crippen LogP contribution in [-0.2, 0) is 5.41 Å². The molecule has 0 N–H and O–H groups in total. The van der Waals surface area contributed by atoms with Gasteiger partial charge in [0.2, 0.25) is 0 Å². The summed E-state index contributed by atoms with van der Waals surface area (Å²) in [7, 11) is 0. The van der Waals surface area contributed by atoms with Crippen molar-refractivity contribution in [3.8, 4) is 11.1 Å². The topological polar surface area (TPSA) is 0 Å². The van der Waals surface area contributed by atoms with Crippen LogP contribution in [-0.4, -0.2) is 0 Å². The molecule has 2 unspecified atom stereocenters. The van der Waals surface area contributed by atoms with Gasteiger partial charge in [0.05, 0.1) is 5.41 Å². The van der Waals surface area contributed by atoms with Crippen molar-refractivity contribution in [1.29, 1.82) is 0 Å². The zero-order valence-corrected chi connectivity index (χ0v) is 17.8. The second-order valence-corrected chi connectivity index (χ2v) is 8.92. The maximum Gasteiger partial charge on any atom is 0.0676 e. The smallest absolute Gasteiger partial charge is 0.0676 e. The summed E-state index contributed by atoms with van der Waals surface area (Å²) in [6.45, 7) is 9.01. The molecular weight excluding hydrogens is 348 g/mol. The Bertz CT molecular complexity index is 1160. The Labute approximate surface area is 174 Å². The third-order valence-electron chi connectivity index (χ3n) is 7.02. The Morgan fingerprint density at radius 2 is 1.41 bits per heavy atom. The van der Waals surface area contributed by atoms with Crippen LogP contribution in [0, 0.1) is 19.8 Å².